The Bertz CT molecular complexity index is 827. The highest BCUT2D eigenvalue weighted by molar-refractivity contribution is 6.01. The Kier molecular flexibility index (Phi) is 4.69. The van der Waals surface area contributed by atoms with Gasteiger partial charge in [-0.05, 0) is 42.9 Å². The number of hydrogen-bond donors (Lipinski definition) is 2. The number of hydrogen-bond acceptors (Lipinski definition) is 4. The SMILES string of the molecule is C[C@@H](NC(=O)Cc1cc2c(cn1)C(NCC1CC1)=NC2)c1ccccc1. The third-order valence-corrected chi connectivity index (χ3v) is 4.98. The van der Waals surface area contributed by atoms with E-state index in [1.165, 1.54) is 12.8 Å². The molecule has 1 atom stereocenters. The fourth-order valence-electron chi connectivity index (χ4n) is 3.23. The van der Waals surface area contributed by atoms with Crippen LogP contribution in [0, 0.1) is 5.92 Å². The van der Waals surface area contributed by atoms with E-state index in [0.717, 1.165) is 40.7 Å². The number of rotatable bonds is 6. The van der Waals surface area contributed by atoms with Crippen molar-refractivity contribution in [1.29, 1.82) is 0 Å². The summed E-state index contributed by atoms with van der Waals surface area (Å²) in [7, 11) is 0. The Balaban J connectivity index is 1.35. The van der Waals surface area contributed by atoms with E-state index in [4.69, 9.17) is 0 Å². The first-order valence-corrected chi connectivity index (χ1v) is 9.30. The van der Waals surface area contributed by atoms with Crippen molar-refractivity contribution < 1.29 is 4.79 Å². The van der Waals surface area contributed by atoms with Crippen LogP contribution in [0.4, 0.5) is 0 Å². The fraction of sp³-hybridized carbons (Fsp3) is 0.381. The molecule has 2 aliphatic rings. The summed E-state index contributed by atoms with van der Waals surface area (Å²) < 4.78 is 0. The molecule has 0 bridgehead atoms. The number of nitrogens with zero attached hydrogens (tertiary/aromatic N) is 2. The summed E-state index contributed by atoms with van der Waals surface area (Å²) >= 11 is 0. The maximum absolute atomic E-state index is 12.4. The first kappa shape index (κ1) is 16.8. The summed E-state index contributed by atoms with van der Waals surface area (Å²) in [5.74, 6) is 1.75. The molecule has 1 saturated carbocycles. The van der Waals surface area contributed by atoms with E-state index >= 15 is 0 Å². The van der Waals surface area contributed by atoms with Crippen LogP contribution in [0.25, 0.3) is 0 Å². The average Bonchev–Trinajstić information content (AvgIpc) is 3.40. The maximum atomic E-state index is 12.4. The lowest BCUT2D eigenvalue weighted by molar-refractivity contribution is -0.121. The molecular weight excluding hydrogens is 324 g/mol. The average molecular weight is 348 g/mol. The zero-order chi connectivity index (χ0) is 17.9. The molecule has 134 valence electrons. The molecule has 0 saturated heterocycles. The molecular formula is C21H24N4O. The number of benzene rings is 1. The molecule has 1 aliphatic carbocycles. The lowest BCUT2D eigenvalue weighted by Gasteiger charge is -2.14. The molecule has 1 amide bonds. The normalized spacial score (nSPS) is 16.6. The van der Waals surface area contributed by atoms with Crippen molar-refractivity contribution in [3.05, 3.63) is 65.0 Å². The first-order chi connectivity index (χ1) is 12.7. The van der Waals surface area contributed by atoms with E-state index < -0.39 is 0 Å². The van der Waals surface area contributed by atoms with E-state index in [9.17, 15) is 4.79 Å². The predicted octanol–water partition coefficient (Wildman–Crippen LogP) is 2.76. The second kappa shape index (κ2) is 7.28. The fourth-order valence-corrected chi connectivity index (χ4v) is 3.23. The summed E-state index contributed by atoms with van der Waals surface area (Å²) in [5.41, 5.74) is 4.12. The van der Waals surface area contributed by atoms with Gasteiger partial charge in [-0.1, -0.05) is 30.3 Å². The van der Waals surface area contributed by atoms with Crippen molar-refractivity contribution in [3.8, 4) is 0 Å². The van der Waals surface area contributed by atoms with Gasteiger partial charge in [0.2, 0.25) is 5.91 Å². The molecule has 1 aromatic carbocycles. The second-order valence-corrected chi connectivity index (χ2v) is 7.20. The Morgan fingerprint density at radius 2 is 2.08 bits per heavy atom. The van der Waals surface area contributed by atoms with Gasteiger partial charge in [-0.15, -0.1) is 0 Å². The molecule has 0 radical (unpaired) electrons. The third kappa shape index (κ3) is 3.93. The van der Waals surface area contributed by atoms with Gasteiger partial charge < -0.3 is 10.6 Å². The van der Waals surface area contributed by atoms with Crippen LogP contribution in [-0.4, -0.2) is 23.3 Å². The minimum atomic E-state index is -0.0142. The predicted molar refractivity (Wildman–Crippen MR) is 102 cm³/mol. The van der Waals surface area contributed by atoms with E-state index in [2.05, 4.69) is 20.6 Å². The number of pyridine rings is 1. The number of carbonyl (C=O) groups is 1. The largest absolute Gasteiger partial charge is 0.370 e. The van der Waals surface area contributed by atoms with Crippen molar-refractivity contribution in [2.75, 3.05) is 6.54 Å². The molecule has 4 rings (SSSR count). The van der Waals surface area contributed by atoms with Gasteiger partial charge in [-0.3, -0.25) is 14.8 Å². The quantitative estimate of drug-likeness (QED) is 0.844. The van der Waals surface area contributed by atoms with Gasteiger partial charge >= 0.3 is 0 Å². The second-order valence-electron chi connectivity index (χ2n) is 7.20. The van der Waals surface area contributed by atoms with Crippen LogP contribution in [0.1, 0.15) is 48.2 Å². The van der Waals surface area contributed by atoms with Crippen molar-refractivity contribution >= 4 is 11.7 Å². The summed E-state index contributed by atoms with van der Waals surface area (Å²) in [6, 6.07) is 12.0. The minimum Gasteiger partial charge on any atom is -0.370 e. The van der Waals surface area contributed by atoms with E-state index in [0.29, 0.717) is 6.54 Å². The topological polar surface area (TPSA) is 66.4 Å². The summed E-state index contributed by atoms with van der Waals surface area (Å²) in [4.78, 5) is 21.4. The zero-order valence-electron chi connectivity index (χ0n) is 15.0. The molecule has 2 heterocycles. The van der Waals surface area contributed by atoms with Crippen LogP contribution in [0.2, 0.25) is 0 Å². The van der Waals surface area contributed by atoms with E-state index in [1.807, 2.05) is 49.5 Å². The lowest BCUT2D eigenvalue weighted by atomic mass is 10.1. The highest BCUT2D eigenvalue weighted by atomic mass is 16.1. The van der Waals surface area contributed by atoms with Gasteiger partial charge in [-0.2, -0.15) is 0 Å². The first-order valence-electron chi connectivity index (χ1n) is 9.30. The number of carbonyl (C=O) groups excluding carboxylic acids is 1. The molecule has 26 heavy (non-hydrogen) atoms. The third-order valence-electron chi connectivity index (χ3n) is 4.98. The lowest BCUT2D eigenvalue weighted by Crippen LogP contribution is -2.28. The van der Waals surface area contributed by atoms with Crippen LogP contribution in [0.3, 0.4) is 0 Å². The van der Waals surface area contributed by atoms with Gasteiger partial charge in [0.15, 0.2) is 0 Å². The summed E-state index contributed by atoms with van der Waals surface area (Å²) in [5, 5.41) is 6.48. The summed E-state index contributed by atoms with van der Waals surface area (Å²) in [6.07, 6.45) is 4.78. The van der Waals surface area contributed by atoms with Gasteiger partial charge in [-0.25, -0.2) is 0 Å². The van der Waals surface area contributed by atoms with Gasteiger partial charge in [0.1, 0.15) is 5.84 Å². The molecule has 2 N–H and O–H groups in total. The van der Waals surface area contributed by atoms with Crippen molar-refractivity contribution in [2.24, 2.45) is 10.9 Å². The number of amides is 1. The van der Waals surface area contributed by atoms with Gasteiger partial charge in [0, 0.05) is 18.3 Å². The molecule has 5 nitrogen and oxygen atoms in total. The number of amidine groups is 1. The minimum absolute atomic E-state index is 0.0141. The number of aromatic nitrogens is 1. The molecule has 1 aliphatic heterocycles. The van der Waals surface area contributed by atoms with Crippen LogP contribution in [0.15, 0.2) is 47.6 Å². The van der Waals surface area contributed by atoms with Crippen LogP contribution >= 0.6 is 0 Å². The number of fused-ring (bicyclic) bond motifs is 1. The standard InChI is InChI=1S/C21H24N4O/c1-14(16-5-3-2-4-6-16)25-20(26)10-18-9-17-12-24-21(19(17)13-22-18)23-11-15-7-8-15/h2-6,9,13-15H,7-8,10-12H2,1H3,(H,23,24)(H,25,26)/t14-/m1/s1. The Morgan fingerprint density at radius 3 is 2.85 bits per heavy atom. The summed E-state index contributed by atoms with van der Waals surface area (Å²) in [6.45, 7) is 3.66. The Hall–Kier alpha value is -2.69. The molecule has 0 unspecified atom stereocenters. The van der Waals surface area contributed by atoms with Crippen molar-refractivity contribution in [3.63, 3.8) is 0 Å². The van der Waals surface area contributed by atoms with Crippen molar-refractivity contribution in [2.45, 2.75) is 38.8 Å². The highest BCUT2D eigenvalue weighted by Gasteiger charge is 2.23. The van der Waals surface area contributed by atoms with Gasteiger partial charge in [0.25, 0.3) is 0 Å². The Labute approximate surface area is 154 Å². The van der Waals surface area contributed by atoms with Gasteiger partial charge in [0.05, 0.1) is 24.7 Å². The number of nitrogens with one attached hydrogen (secondary N) is 2. The zero-order valence-corrected chi connectivity index (χ0v) is 15.0. The molecule has 1 aromatic heterocycles. The highest BCUT2D eigenvalue weighted by Crippen LogP contribution is 2.28. The monoisotopic (exact) mass is 348 g/mol. The number of aliphatic imine (C=N–C) groups is 1. The van der Waals surface area contributed by atoms with Crippen LogP contribution < -0.4 is 10.6 Å². The van der Waals surface area contributed by atoms with Crippen LogP contribution in [0.5, 0.6) is 0 Å². The Morgan fingerprint density at radius 1 is 1.27 bits per heavy atom. The van der Waals surface area contributed by atoms with Crippen LogP contribution in [-0.2, 0) is 17.8 Å². The van der Waals surface area contributed by atoms with E-state index in [-0.39, 0.29) is 18.4 Å². The maximum Gasteiger partial charge on any atom is 0.226 e. The smallest absolute Gasteiger partial charge is 0.226 e. The van der Waals surface area contributed by atoms with Crippen molar-refractivity contribution in [1.82, 2.24) is 15.6 Å². The molecule has 2 aromatic rings. The molecule has 0 spiro atoms. The molecule has 5 heteroatoms. The molecule has 1 fully saturated rings. The van der Waals surface area contributed by atoms with E-state index in [1.54, 1.807) is 0 Å².